The highest BCUT2D eigenvalue weighted by atomic mass is 32.2. The molecule has 2 aromatic rings. The van der Waals surface area contributed by atoms with E-state index < -0.39 is 10.0 Å². The van der Waals surface area contributed by atoms with E-state index >= 15 is 0 Å². The molecule has 0 aliphatic heterocycles. The minimum atomic E-state index is -3.58. The Hall–Kier alpha value is -2.94. The fourth-order valence-electron chi connectivity index (χ4n) is 2.99. The van der Waals surface area contributed by atoms with E-state index in [0.29, 0.717) is 36.8 Å². The third-order valence-corrected chi connectivity index (χ3v) is 5.68. The number of nitrogens with one attached hydrogen (secondary N) is 1. The third kappa shape index (κ3) is 7.67. The Balaban J connectivity index is 1.87. The molecular weight excluding hydrogens is 420 g/mol. The van der Waals surface area contributed by atoms with Crippen LogP contribution in [0.25, 0.3) is 0 Å². The number of anilines is 1. The first-order chi connectivity index (χ1) is 14.7. The molecule has 31 heavy (non-hydrogen) atoms. The van der Waals surface area contributed by atoms with Crippen LogP contribution in [0.3, 0.4) is 0 Å². The van der Waals surface area contributed by atoms with E-state index in [1.54, 1.807) is 18.2 Å². The number of hydrogen-bond donors (Lipinski definition) is 1. The van der Waals surface area contributed by atoms with Gasteiger partial charge in [-0.1, -0.05) is 12.1 Å². The molecule has 2 aromatic carbocycles. The molecule has 0 saturated heterocycles. The van der Waals surface area contributed by atoms with Gasteiger partial charge in [-0.15, -0.1) is 0 Å². The first-order valence-electron chi connectivity index (χ1n) is 9.90. The summed E-state index contributed by atoms with van der Waals surface area (Å²) in [5.41, 5.74) is 1.47. The highest BCUT2D eigenvalue weighted by Gasteiger charge is 2.22. The first-order valence-corrected chi connectivity index (χ1v) is 11.8. The van der Waals surface area contributed by atoms with Gasteiger partial charge in [0.1, 0.15) is 23.9 Å². The van der Waals surface area contributed by atoms with Gasteiger partial charge >= 0.3 is 0 Å². The molecule has 0 fully saturated rings. The van der Waals surface area contributed by atoms with E-state index in [-0.39, 0.29) is 18.9 Å². The molecular formula is C22H30N2O6S. The van der Waals surface area contributed by atoms with Gasteiger partial charge in [-0.3, -0.25) is 9.10 Å². The lowest BCUT2D eigenvalue weighted by atomic mass is 10.2. The number of hydrogen-bond acceptors (Lipinski definition) is 6. The van der Waals surface area contributed by atoms with E-state index in [1.165, 1.54) is 18.5 Å². The average molecular weight is 451 g/mol. The predicted octanol–water partition coefficient (Wildman–Crippen LogP) is 2.75. The smallest absolute Gasteiger partial charge is 0.232 e. The lowest BCUT2D eigenvalue weighted by molar-refractivity contribution is -0.121. The molecule has 0 radical (unpaired) electrons. The quantitative estimate of drug-likeness (QED) is 0.500. The van der Waals surface area contributed by atoms with Crippen LogP contribution in [0.5, 0.6) is 17.2 Å². The molecule has 170 valence electrons. The molecule has 0 unspecified atom stereocenters. The molecule has 0 saturated carbocycles. The van der Waals surface area contributed by atoms with E-state index in [0.717, 1.165) is 17.6 Å². The molecule has 0 aliphatic carbocycles. The largest absolute Gasteiger partial charge is 0.497 e. The van der Waals surface area contributed by atoms with Crippen LogP contribution in [0, 0.1) is 6.92 Å². The Morgan fingerprint density at radius 3 is 2.48 bits per heavy atom. The Morgan fingerprint density at radius 1 is 1.06 bits per heavy atom. The van der Waals surface area contributed by atoms with Crippen LogP contribution in [0.15, 0.2) is 42.5 Å². The molecule has 0 heterocycles. The zero-order chi connectivity index (χ0) is 22.9. The number of benzene rings is 2. The van der Waals surface area contributed by atoms with E-state index in [4.69, 9.17) is 14.2 Å². The maximum absolute atomic E-state index is 12.4. The maximum atomic E-state index is 12.4. The molecule has 0 aromatic heterocycles. The molecule has 1 amide bonds. The SMILES string of the molecule is COc1ccc(OC)c(N(CCCC(=O)NCCOc2cccc(C)c2)S(C)(=O)=O)c1. The highest BCUT2D eigenvalue weighted by molar-refractivity contribution is 7.92. The third-order valence-electron chi connectivity index (χ3n) is 4.50. The summed E-state index contributed by atoms with van der Waals surface area (Å²) >= 11 is 0. The fourth-order valence-corrected chi connectivity index (χ4v) is 3.95. The van der Waals surface area contributed by atoms with Crippen molar-refractivity contribution in [3.05, 3.63) is 48.0 Å². The minimum absolute atomic E-state index is 0.134. The monoisotopic (exact) mass is 450 g/mol. The number of aryl methyl sites for hydroxylation is 1. The van der Waals surface area contributed by atoms with Crippen molar-refractivity contribution in [3.63, 3.8) is 0 Å². The summed E-state index contributed by atoms with van der Waals surface area (Å²) in [6.45, 7) is 2.84. The second-order valence-corrected chi connectivity index (χ2v) is 8.90. The van der Waals surface area contributed by atoms with Gasteiger partial charge in [0.25, 0.3) is 0 Å². The van der Waals surface area contributed by atoms with Crippen molar-refractivity contribution in [2.45, 2.75) is 19.8 Å². The Labute approximate surface area is 184 Å². The van der Waals surface area contributed by atoms with Crippen LogP contribution in [0.2, 0.25) is 0 Å². The molecule has 0 aliphatic rings. The summed E-state index contributed by atoms with van der Waals surface area (Å²) in [7, 11) is -0.609. The van der Waals surface area contributed by atoms with Gasteiger partial charge in [-0.25, -0.2) is 8.42 Å². The first kappa shape index (κ1) is 24.3. The fraction of sp³-hybridized carbons (Fsp3) is 0.409. The Bertz CT molecular complexity index is 978. The van der Waals surface area contributed by atoms with Gasteiger partial charge in [0.15, 0.2) is 0 Å². The second-order valence-electron chi connectivity index (χ2n) is 6.99. The Kier molecular flexibility index (Phi) is 8.99. The van der Waals surface area contributed by atoms with Gasteiger partial charge in [0.2, 0.25) is 15.9 Å². The van der Waals surface area contributed by atoms with Gasteiger partial charge < -0.3 is 19.5 Å². The summed E-state index contributed by atoms with van der Waals surface area (Å²) in [5.74, 6) is 1.50. The standard InChI is InChI=1S/C22H30N2O6S/c1-17-7-5-8-19(15-17)30-14-12-23-22(25)9-6-13-24(31(4,26)27)20-16-18(28-2)10-11-21(20)29-3/h5,7-8,10-11,15-16H,6,9,12-14H2,1-4H3,(H,23,25). The summed E-state index contributed by atoms with van der Waals surface area (Å²) in [6.07, 6.45) is 1.65. The van der Waals surface area contributed by atoms with Crippen molar-refractivity contribution in [1.82, 2.24) is 5.32 Å². The van der Waals surface area contributed by atoms with Crippen LogP contribution < -0.4 is 23.8 Å². The average Bonchev–Trinajstić information content (AvgIpc) is 2.73. The van der Waals surface area contributed by atoms with Crippen molar-refractivity contribution in [3.8, 4) is 17.2 Å². The zero-order valence-electron chi connectivity index (χ0n) is 18.4. The number of carbonyl (C=O) groups is 1. The van der Waals surface area contributed by atoms with Crippen molar-refractivity contribution >= 4 is 21.6 Å². The van der Waals surface area contributed by atoms with Crippen LogP contribution >= 0.6 is 0 Å². The van der Waals surface area contributed by atoms with Crippen LogP contribution in [-0.4, -0.2) is 54.5 Å². The van der Waals surface area contributed by atoms with Crippen LogP contribution in [0.4, 0.5) is 5.69 Å². The molecule has 0 bridgehead atoms. The van der Waals surface area contributed by atoms with Crippen molar-refractivity contribution in [2.75, 3.05) is 44.5 Å². The summed E-state index contributed by atoms with van der Waals surface area (Å²) in [4.78, 5) is 12.1. The van der Waals surface area contributed by atoms with E-state index in [9.17, 15) is 13.2 Å². The van der Waals surface area contributed by atoms with E-state index in [1.807, 2.05) is 31.2 Å². The molecule has 9 heteroatoms. The lowest BCUT2D eigenvalue weighted by Crippen LogP contribution is -2.33. The number of nitrogens with zero attached hydrogens (tertiary/aromatic N) is 1. The lowest BCUT2D eigenvalue weighted by Gasteiger charge is -2.24. The van der Waals surface area contributed by atoms with E-state index in [2.05, 4.69) is 5.32 Å². The number of amides is 1. The molecule has 2 rings (SSSR count). The normalized spacial score (nSPS) is 11.0. The van der Waals surface area contributed by atoms with Crippen LogP contribution in [0.1, 0.15) is 18.4 Å². The van der Waals surface area contributed by atoms with Crippen molar-refractivity contribution in [1.29, 1.82) is 0 Å². The van der Waals surface area contributed by atoms with Gasteiger partial charge in [0, 0.05) is 19.0 Å². The topological polar surface area (TPSA) is 94.2 Å². The van der Waals surface area contributed by atoms with Gasteiger partial charge in [-0.05, 0) is 43.2 Å². The molecule has 1 N–H and O–H groups in total. The molecule has 0 atom stereocenters. The Morgan fingerprint density at radius 2 is 1.84 bits per heavy atom. The zero-order valence-corrected chi connectivity index (χ0v) is 19.2. The predicted molar refractivity (Wildman–Crippen MR) is 121 cm³/mol. The number of sulfonamides is 1. The highest BCUT2D eigenvalue weighted by Crippen LogP contribution is 2.33. The van der Waals surface area contributed by atoms with Crippen LogP contribution in [-0.2, 0) is 14.8 Å². The van der Waals surface area contributed by atoms with Crippen molar-refractivity contribution < 1.29 is 27.4 Å². The number of methoxy groups -OCH3 is 2. The molecule has 8 nitrogen and oxygen atoms in total. The van der Waals surface area contributed by atoms with Gasteiger partial charge in [0.05, 0.1) is 32.7 Å². The molecule has 0 spiro atoms. The summed E-state index contributed by atoms with van der Waals surface area (Å²) < 4.78 is 42.0. The number of carbonyl (C=O) groups excluding carboxylic acids is 1. The second kappa shape index (κ2) is 11.5. The number of rotatable bonds is 12. The number of ether oxygens (including phenoxy) is 3. The minimum Gasteiger partial charge on any atom is -0.497 e. The summed E-state index contributed by atoms with van der Waals surface area (Å²) in [5, 5.41) is 2.78. The maximum Gasteiger partial charge on any atom is 0.232 e. The van der Waals surface area contributed by atoms with Gasteiger partial charge in [-0.2, -0.15) is 0 Å². The van der Waals surface area contributed by atoms with Crippen molar-refractivity contribution in [2.24, 2.45) is 0 Å². The summed E-state index contributed by atoms with van der Waals surface area (Å²) in [6, 6.07) is 12.6.